The molecule has 4 rings (SSSR count). The first kappa shape index (κ1) is 24.3. The number of ether oxygens (including phenoxy) is 1. The van der Waals surface area contributed by atoms with Crippen LogP contribution >= 0.6 is 11.6 Å². The molecule has 0 aliphatic carbocycles. The van der Waals surface area contributed by atoms with Gasteiger partial charge in [0.05, 0.1) is 30.2 Å². The molecule has 0 N–H and O–H groups in total. The Kier molecular flexibility index (Phi) is 6.99. The summed E-state index contributed by atoms with van der Waals surface area (Å²) in [6, 6.07) is 7.82. The minimum absolute atomic E-state index is 0.0693. The summed E-state index contributed by atoms with van der Waals surface area (Å²) < 4.78 is 43.7. The maximum Gasteiger partial charge on any atom is 0.417 e. The number of imide groups is 1. The molecule has 2 aromatic rings. The lowest BCUT2D eigenvalue weighted by molar-refractivity contribution is -0.140. The number of rotatable bonds is 6. The lowest BCUT2D eigenvalue weighted by Gasteiger charge is -2.37. The molecule has 0 saturated carbocycles. The van der Waals surface area contributed by atoms with Crippen molar-refractivity contribution in [2.75, 3.05) is 44.7 Å². The molecule has 7 nitrogen and oxygen atoms in total. The lowest BCUT2D eigenvalue weighted by Crippen LogP contribution is -2.53. The van der Waals surface area contributed by atoms with E-state index in [0.717, 1.165) is 23.6 Å². The second-order valence-electron chi connectivity index (χ2n) is 8.25. The number of carbonyl (C=O) groups excluding carboxylic acids is 2. The van der Waals surface area contributed by atoms with E-state index < -0.39 is 17.8 Å². The van der Waals surface area contributed by atoms with Crippen molar-refractivity contribution in [2.24, 2.45) is 0 Å². The Balaban J connectivity index is 1.33. The molecule has 34 heavy (non-hydrogen) atoms. The van der Waals surface area contributed by atoms with Crippen LogP contribution in [0.2, 0.25) is 5.02 Å². The third kappa shape index (κ3) is 5.12. The van der Waals surface area contributed by atoms with E-state index >= 15 is 0 Å². The molecule has 0 radical (unpaired) electrons. The number of anilines is 1. The SMILES string of the molecule is COc1ccc(CCN2C(=O)CC(N3CCN(c4ncc(C(F)(F)F)cc4Cl)CC3)C2=O)cc1. The van der Waals surface area contributed by atoms with Crippen molar-refractivity contribution in [2.45, 2.75) is 25.1 Å². The first-order valence-electron chi connectivity index (χ1n) is 10.9. The minimum Gasteiger partial charge on any atom is -0.497 e. The molecule has 2 saturated heterocycles. The van der Waals surface area contributed by atoms with Crippen molar-refractivity contribution in [1.82, 2.24) is 14.8 Å². The van der Waals surface area contributed by atoms with E-state index in [2.05, 4.69) is 4.98 Å². The summed E-state index contributed by atoms with van der Waals surface area (Å²) >= 11 is 6.07. The molecule has 2 aliphatic heterocycles. The van der Waals surface area contributed by atoms with Crippen LogP contribution in [0.1, 0.15) is 17.5 Å². The van der Waals surface area contributed by atoms with Crippen LogP contribution in [0.3, 0.4) is 0 Å². The molecule has 1 unspecified atom stereocenters. The van der Waals surface area contributed by atoms with Crippen LogP contribution in [0.15, 0.2) is 36.5 Å². The van der Waals surface area contributed by atoms with E-state index in [1.165, 1.54) is 4.90 Å². The highest BCUT2D eigenvalue weighted by Gasteiger charge is 2.42. The molecule has 1 aromatic carbocycles. The zero-order valence-electron chi connectivity index (χ0n) is 18.5. The molecule has 2 amide bonds. The Hall–Kier alpha value is -2.85. The molecule has 0 spiro atoms. The number of halogens is 4. The smallest absolute Gasteiger partial charge is 0.417 e. The van der Waals surface area contributed by atoms with E-state index in [-0.39, 0.29) is 29.1 Å². The molecule has 182 valence electrons. The van der Waals surface area contributed by atoms with Gasteiger partial charge in [0.1, 0.15) is 11.6 Å². The molecular weight excluding hydrogens is 473 g/mol. The molecule has 2 fully saturated rings. The highest BCUT2D eigenvalue weighted by molar-refractivity contribution is 6.33. The van der Waals surface area contributed by atoms with Gasteiger partial charge in [-0.3, -0.25) is 19.4 Å². The number of hydrogen-bond acceptors (Lipinski definition) is 6. The predicted octanol–water partition coefficient (Wildman–Crippen LogP) is 3.25. The largest absolute Gasteiger partial charge is 0.497 e. The van der Waals surface area contributed by atoms with E-state index in [4.69, 9.17) is 16.3 Å². The van der Waals surface area contributed by atoms with Crippen molar-refractivity contribution in [3.05, 3.63) is 52.7 Å². The van der Waals surface area contributed by atoms with Gasteiger partial charge in [-0.1, -0.05) is 23.7 Å². The maximum atomic E-state index is 13.0. The second kappa shape index (κ2) is 9.79. The summed E-state index contributed by atoms with van der Waals surface area (Å²) in [6.45, 7) is 2.11. The summed E-state index contributed by atoms with van der Waals surface area (Å²) in [5.41, 5.74) is 0.101. The zero-order valence-corrected chi connectivity index (χ0v) is 19.3. The van der Waals surface area contributed by atoms with Crippen molar-refractivity contribution in [3.63, 3.8) is 0 Å². The van der Waals surface area contributed by atoms with Gasteiger partial charge in [-0.25, -0.2) is 4.98 Å². The summed E-state index contributed by atoms with van der Waals surface area (Å²) in [4.78, 5) is 34.5. The van der Waals surface area contributed by atoms with Gasteiger partial charge in [0.25, 0.3) is 0 Å². The van der Waals surface area contributed by atoms with Crippen molar-refractivity contribution >= 4 is 29.2 Å². The number of amides is 2. The van der Waals surface area contributed by atoms with Crippen molar-refractivity contribution in [3.8, 4) is 5.75 Å². The van der Waals surface area contributed by atoms with Crippen LogP contribution in [0, 0.1) is 0 Å². The fourth-order valence-corrected chi connectivity index (χ4v) is 4.57. The Labute approximate surface area is 200 Å². The second-order valence-corrected chi connectivity index (χ2v) is 8.66. The fourth-order valence-electron chi connectivity index (χ4n) is 4.28. The Morgan fingerprint density at radius 2 is 1.79 bits per heavy atom. The topological polar surface area (TPSA) is 66.0 Å². The number of carbonyl (C=O) groups is 2. The lowest BCUT2D eigenvalue weighted by atomic mass is 10.1. The van der Waals surface area contributed by atoms with Crippen molar-refractivity contribution in [1.29, 1.82) is 0 Å². The average molecular weight is 497 g/mol. The fraction of sp³-hybridized carbons (Fsp3) is 0.435. The van der Waals surface area contributed by atoms with Crippen LogP contribution < -0.4 is 9.64 Å². The quantitative estimate of drug-likeness (QED) is 0.572. The Morgan fingerprint density at radius 3 is 2.38 bits per heavy atom. The zero-order chi connectivity index (χ0) is 24.5. The summed E-state index contributed by atoms with van der Waals surface area (Å²) in [7, 11) is 1.59. The standard InChI is InChI=1S/C23H24ClF3N4O3/c1-34-17-4-2-15(3-5-17)6-7-31-20(32)13-19(22(31)33)29-8-10-30(11-9-29)21-18(24)12-16(14-28-21)23(25,26)27/h2-5,12,14,19H,6-11,13H2,1H3. The number of likely N-dealkylation sites (tertiary alicyclic amines) is 1. The van der Waals surface area contributed by atoms with Crippen LogP contribution in [-0.4, -0.2) is 72.5 Å². The van der Waals surface area contributed by atoms with Crippen LogP contribution in [0.25, 0.3) is 0 Å². The van der Waals surface area contributed by atoms with E-state index in [1.54, 1.807) is 12.0 Å². The van der Waals surface area contributed by atoms with Gasteiger partial charge in [0, 0.05) is 38.9 Å². The molecule has 3 heterocycles. The van der Waals surface area contributed by atoms with Gasteiger partial charge in [-0.05, 0) is 30.2 Å². The third-order valence-corrected chi connectivity index (χ3v) is 6.49. The molecular formula is C23H24ClF3N4O3. The van der Waals surface area contributed by atoms with Crippen molar-refractivity contribution < 1.29 is 27.5 Å². The van der Waals surface area contributed by atoms with Crippen LogP contribution in [-0.2, 0) is 22.2 Å². The van der Waals surface area contributed by atoms with Gasteiger partial charge in [-0.15, -0.1) is 0 Å². The molecule has 1 atom stereocenters. The van der Waals surface area contributed by atoms with Gasteiger partial charge in [0.2, 0.25) is 11.8 Å². The van der Waals surface area contributed by atoms with Gasteiger partial charge >= 0.3 is 6.18 Å². The number of hydrogen-bond donors (Lipinski definition) is 0. The first-order chi connectivity index (χ1) is 16.2. The number of aromatic nitrogens is 1. The Bertz CT molecular complexity index is 1060. The highest BCUT2D eigenvalue weighted by Crippen LogP contribution is 2.34. The number of alkyl halides is 3. The summed E-state index contributed by atoms with van der Waals surface area (Å²) in [5.74, 6) is 0.615. The highest BCUT2D eigenvalue weighted by atomic mass is 35.5. The van der Waals surface area contributed by atoms with Gasteiger partial charge in [0.15, 0.2) is 0 Å². The van der Waals surface area contributed by atoms with Crippen LogP contribution in [0.4, 0.5) is 19.0 Å². The maximum absolute atomic E-state index is 13.0. The van der Waals surface area contributed by atoms with E-state index in [9.17, 15) is 22.8 Å². The molecule has 1 aromatic heterocycles. The number of nitrogens with zero attached hydrogens (tertiary/aromatic N) is 4. The van der Waals surface area contributed by atoms with E-state index in [1.807, 2.05) is 29.2 Å². The summed E-state index contributed by atoms with van der Waals surface area (Å²) in [5, 5.41) is -0.0693. The number of pyridine rings is 1. The van der Waals surface area contributed by atoms with Gasteiger partial charge < -0.3 is 9.64 Å². The van der Waals surface area contributed by atoms with E-state index in [0.29, 0.717) is 39.1 Å². The minimum atomic E-state index is -4.51. The Morgan fingerprint density at radius 1 is 1.12 bits per heavy atom. The predicted molar refractivity (Wildman–Crippen MR) is 120 cm³/mol. The summed E-state index contributed by atoms with van der Waals surface area (Å²) in [6.07, 6.45) is -3.06. The number of benzene rings is 1. The average Bonchev–Trinajstić information content (AvgIpc) is 3.10. The third-order valence-electron chi connectivity index (χ3n) is 6.21. The number of methoxy groups -OCH3 is 1. The monoisotopic (exact) mass is 496 g/mol. The van der Waals surface area contributed by atoms with Gasteiger partial charge in [-0.2, -0.15) is 13.2 Å². The normalized spacial score (nSPS) is 19.7. The molecule has 11 heteroatoms. The molecule has 2 aliphatic rings. The molecule has 0 bridgehead atoms. The van der Waals surface area contributed by atoms with Crippen LogP contribution in [0.5, 0.6) is 5.75 Å². The first-order valence-corrected chi connectivity index (χ1v) is 11.2. The number of piperazine rings is 1.